The largest absolute Gasteiger partial charge is 0.545 e. The summed E-state index contributed by atoms with van der Waals surface area (Å²) in [5.41, 5.74) is 0. The van der Waals surface area contributed by atoms with Crippen LogP contribution in [0.5, 0.6) is 0 Å². The molecule has 2 atom stereocenters. The lowest BCUT2D eigenvalue weighted by molar-refractivity contribution is -0.870. The minimum absolute atomic E-state index is 0.152. The predicted molar refractivity (Wildman–Crippen MR) is 463 cm³/mol. The van der Waals surface area contributed by atoms with E-state index in [0.29, 0.717) is 17.4 Å². The average Bonchev–Trinajstić information content (AvgIpc) is 0.965. The minimum atomic E-state index is -1.62. The van der Waals surface area contributed by atoms with E-state index in [9.17, 15) is 19.5 Å². The summed E-state index contributed by atoms with van der Waals surface area (Å²) in [5.74, 6) is -2.24. The van der Waals surface area contributed by atoms with Crippen LogP contribution in [0.3, 0.4) is 0 Å². The van der Waals surface area contributed by atoms with Crippen LogP contribution in [0.1, 0.15) is 515 Å². The number of carboxylic acids is 1. The molecule has 0 fully saturated rings. The Hall–Kier alpha value is -2.49. The lowest BCUT2D eigenvalue weighted by Gasteiger charge is -2.26. The average molecular weight is 1510 g/mol. The number of ether oxygens (including phenoxy) is 4. The molecule has 0 heterocycles. The highest BCUT2D eigenvalue weighted by molar-refractivity contribution is 5.70. The van der Waals surface area contributed by atoms with E-state index in [-0.39, 0.29) is 32.2 Å². The van der Waals surface area contributed by atoms with Crippen LogP contribution >= 0.6 is 0 Å². The molecule has 0 aromatic carbocycles. The van der Waals surface area contributed by atoms with Crippen molar-refractivity contribution in [2.75, 3.05) is 47.5 Å². The molecule has 0 spiro atoms. The molecule has 0 saturated heterocycles. The summed E-state index contributed by atoms with van der Waals surface area (Å²) in [7, 11) is 5.96. The fourth-order valence-corrected chi connectivity index (χ4v) is 15.1. The molecule has 0 radical (unpaired) electrons. The van der Waals surface area contributed by atoms with Crippen molar-refractivity contribution in [2.24, 2.45) is 0 Å². The Morgan fingerprint density at radius 3 is 0.748 bits per heavy atom. The van der Waals surface area contributed by atoms with Crippen molar-refractivity contribution in [1.29, 1.82) is 0 Å². The van der Waals surface area contributed by atoms with Gasteiger partial charge in [0, 0.05) is 12.8 Å². The van der Waals surface area contributed by atoms with Crippen LogP contribution in [-0.4, -0.2) is 82.3 Å². The molecule has 9 nitrogen and oxygen atoms in total. The third-order valence-electron chi connectivity index (χ3n) is 22.4. The predicted octanol–water partition coefficient (Wildman–Crippen LogP) is 30.4. The van der Waals surface area contributed by atoms with E-state index < -0.39 is 24.3 Å². The lowest BCUT2D eigenvalue weighted by Crippen LogP contribution is -2.44. The zero-order valence-corrected chi connectivity index (χ0v) is 72.8. The SMILES string of the molecule is CCCCCCC/C=C\C/C=C\C/C=C\CCCCCCCCCCCCCCCCCCCCCCCCCCCCC(=O)OC(COC(=O)CCCCCCCCCCCCCCCCCCCCCCCCCCCCCCCCCCCCCCCCCCC)COC(OCC[N+](C)(C)C)C(=O)[O-]. The molecular formula is C98H187NO8. The standard InChI is InChI=1S/C98H187NO8/c1-6-8-10-12-14-16-18-20-22-24-26-28-30-32-34-36-38-40-42-44-46-48-50-52-54-56-58-60-62-64-66-68-70-72-74-76-78-80-82-84-86-88-95(100)105-92-94(93-106-98(97(102)103)104-91-90-99(3,4)5)107-96(101)89-87-85-83-81-79-77-75-73-71-69-67-65-63-61-59-57-55-53-51-49-47-45-43-41-39-37-35-33-31-29-27-25-23-21-19-17-15-13-11-9-7-2/h19,21,25,27,31,33,94,98H,6-18,20,22-24,26,28-30,32,34-93H2,1-5H3/b21-19-,27-25-,33-31-. The van der Waals surface area contributed by atoms with E-state index in [2.05, 4.69) is 50.3 Å². The highest BCUT2D eigenvalue weighted by Gasteiger charge is 2.22. The molecule has 0 aliphatic heterocycles. The fraction of sp³-hybridized carbons (Fsp3) is 0.908. The number of rotatable bonds is 92. The normalized spacial score (nSPS) is 12.6. The number of likely N-dealkylation sites (N-methyl/N-ethyl adjacent to an activating group) is 1. The molecule has 0 N–H and O–H groups in total. The summed E-state index contributed by atoms with van der Waals surface area (Å²) in [6.07, 6.45) is 115. The first-order chi connectivity index (χ1) is 52.6. The Morgan fingerprint density at radius 2 is 0.505 bits per heavy atom. The number of allylic oxidation sites excluding steroid dienone is 6. The van der Waals surface area contributed by atoms with Crippen LogP contribution in [0.25, 0.3) is 0 Å². The number of hydrogen-bond acceptors (Lipinski definition) is 8. The summed E-state index contributed by atoms with van der Waals surface area (Å²) in [4.78, 5) is 37.7. The quantitative estimate of drug-likeness (QED) is 0.0195. The number of unbranched alkanes of at least 4 members (excludes halogenated alkanes) is 71. The molecule has 0 aromatic rings. The molecule has 0 aliphatic carbocycles. The summed E-state index contributed by atoms with van der Waals surface area (Å²) < 4.78 is 23.0. The van der Waals surface area contributed by atoms with Gasteiger partial charge >= 0.3 is 11.9 Å². The van der Waals surface area contributed by atoms with E-state index in [0.717, 1.165) is 51.4 Å². The van der Waals surface area contributed by atoms with Gasteiger partial charge in [0.05, 0.1) is 40.3 Å². The number of esters is 2. The van der Waals surface area contributed by atoms with Crippen molar-refractivity contribution in [3.8, 4) is 0 Å². The van der Waals surface area contributed by atoms with Crippen molar-refractivity contribution in [2.45, 2.75) is 527 Å². The second-order valence-corrected chi connectivity index (χ2v) is 34.4. The van der Waals surface area contributed by atoms with Crippen molar-refractivity contribution >= 4 is 17.9 Å². The van der Waals surface area contributed by atoms with E-state index in [4.69, 9.17) is 18.9 Å². The highest BCUT2D eigenvalue weighted by Crippen LogP contribution is 2.22. The lowest BCUT2D eigenvalue weighted by atomic mass is 10.0. The van der Waals surface area contributed by atoms with Crippen molar-refractivity contribution in [1.82, 2.24) is 0 Å². The van der Waals surface area contributed by atoms with Gasteiger partial charge in [-0.15, -0.1) is 0 Å². The number of carbonyl (C=O) groups excluding carboxylic acids is 3. The molecule has 0 saturated carbocycles. The van der Waals surface area contributed by atoms with Gasteiger partial charge in [-0.25, -0.2) is 0 Å². The smallest absolute Gasteiger partial charge is 0.306 e. The maximum atomic E-state index is 13.0. The van der Waals surface area contributed by atoms with Crippen LogP contribution in [0.4, 0.5) is 0 Å². The molecule has 2 unspecified atom stereocenters. The third-order valence-corrected chi connectivity index (χ3v) is 22.4. The second-order valence-electron chi connectivity index (χ2n) is 34.4. The molecule has 0 bridgehead atoms. The van der Waals surface area contributed by atoms with Gasteiger partial charge in [0.25, 0.3) is 0 Å². The van der Waals surface area contributed by atoms with Gasteiger partial charge in [-0.2, -0.15) is 0 Å². The van der Waals surface area contributed by atoms with Crippen molar-refractivity contribution in [3.63, 3.8) is 0 Å². The first-order valence-corrected chi connectivity index (χ1v) is 48.1. The second kappa shape index (κ2) is 89.1. The summed E-state index contributed by atoms with van der Waals surface area (Å²) >= 11 is 0. The van der Waals surface area contributed by atoms with Crippen molar-refractivity contribution in [3.05, 3.63) is 36.5 Å². The molecule has 107 heavy (non-hydrogen) atoms. The Balaban J connectivity index is 3.85. The number of aliphatic carboxylic acids is 1. The van der Waals surface area contributed by atoms with Gasteiger partial charge in [0.1, 0.15) is 13.2 Å². The zero-order chi connectivity index (χ0) is 77.4. The number of carboxylic acid groups (broad SMARTS) is 1. The summed E-state index contributed by atoms with van der Waals surface area (Å²) in [6.45, 7) is 4.84. The van der Waals surface area contributed by atoms with E-state index in [1.807, 2.05) is 21.1 Å². The Morgan fingerprint density at radius 1 is 0.280 bits per heavy atom. The molecule has 0 aromatic heterocycles. The van der Waals surface area contributed by atoms with Crippen LogP contribution < -0.4 is 5.11 Å². The van der Waals surface area contributed by atoms with Gasteiger partial charge in [-0.05, 0) is 51.4 Å². The van der Waals surface area contributed by atoms with E-state index in [1.165, 1.54) is 437 Å². The van der Waals surface area contributed by atoms with Crippen LogP contribution in [0, 0.1) is 0 Å². The fourth-order valence-electron chi connectivity index (χ4n) is 15.1. The van der Waals surface area contributed by atoms with Crippen LogP contribution in [-0.2, 0) is 33.3 Å². The molecule has 0 rings (SSSR count). The van der Waals surface area contributed by atoms with E-state index >= 15 is 0 Å². The summed E-state index contributed by atoms with van der Waals surface area (Å²) in [6, 6.07) is 0. The Labute approximate surface area is 668 Å². The molecule has 0 amide bonds. The van der Waals surface area contributed by atoms with Gasteiger partial charge in [-0.3, -0.25) is 9.59 Å². The van der Waals surface area contributed by atoms with Crippen molar-refractivity contribution < 1.29 is 42.9 Å². The van der Waals surface area contributed by atoms with Gasteiger partial charge in [0.2, 0.25) is 0 Å². The van der Waals surface area contributed by atoms with E-state index in [1.54, 1.807) is 0 Å². The highest BCUT2D eigenvalue weighted by atomic mass is 16.7. The van der Waals surface area contributed by atoms with Gasteiger partial charge in [-0.1, -0.05) is 487 Å². The number of quaternary nitrogens is 1. The molecule has 632 valence electrons. The number of carbonyl (C=O) groups is 3. The van der Waals surface area contributed by atoms with Crippen LogP contribution in [0.15, 0.2) is 36.5 Å². The molecular weight excluding hydrogens is 1320 g/mol. The zero-order valence-electron chi connectivity index (χ0n) is 72.8. The molecule has 9 heteroatoms. The van der Waals surface area contributed by atoms with Crippen LogP contribution in [0.2, 0.25) is 0 Å². The number of hydrogen-bond donors (Lipinski definition) is 0. The topological polar surface area (TPSA) is 111 Å². The van der Waals surface area contributed by atoms with Gasteiger partial charge < -0.3 is 33.3 Å². The molecule has 0 aliphatic rings. The minimum Gasteiger partial charge on any atom is -0.545 e. The third kappa shape index (κ3) is 90.6. The van der Waals surface area contributed by atoms with Gasteiger partial charge in [0.15, 0.2) is 12.4 Å². The maximum Gasteiger partial charge on any atom is 0.306 e. The monoisotopic (exact) mass is 1510 g/mol. The Bertz CT molecular complexity index is 1860. The maximum absolute atomic E-state index is 13.0. The number of nitrogens with zero attached hydrogens (tertiary/aromatic N) is 1. The Kier molecular flexibility index (Phi) is 87.0. The first-order valence-electron chi connectivity index (χ1n) is 48.1. The summed E-state index contributed by atoms with van der Waals surface area (Å²) in [5, 5.41) is 11.9. The first kappa shape index (κ1) is 105.